The summed E-state index contributed by atoms with van der Waals surface area (Å²) in [6, 6.07) is 31.9. The summed E-state index contributed by atoms with van der Waals surface area (Å²) < 4.78 is 0. The first kappa shape index (κ1) is 22.4. The van der Waals surface area contributed by atoms with Gasteiger partial charge in [0.1, 0.15) is 0 Å². The van der Waals surface area contributed by atoms with Gasteiger partial charge in [0.15, 0.2) is 0 Å². The highest BCUT2D eigenvalue weighted by Gasteiger charge is 2.51. The number of hydrogen-bond acceptors (Lipinski definition) is 4. The van der Waals surface area contributed by atoms with Crippen LogP contribution in [0, 0.1) is 0 Å². The molecule has 0 radical (unpaired) electrons. The number of aliphatic hydroxyl groups is 1. The van der Waals surface area contributed by atoms with Crippen molar-refractivity contribution in [3.05, 3.63) is 108 Å². The third-order valence-corrected chi connectivity index (χ3v) is 6.15. The molecular formula is C28H33N3O. The average Bonchev–Trinajstić information content (AvgIpc) is 3.54. The zero-order valence-electron chi connectivity index (χ0n) is 19.0. The summed E-state index contributed by atoms with van der Waals surface area (Å²) in [6.45, 7) is 1.81. The molecule has 32 heavy (non-hydrogen) atoms. The number of rotatable bonds is 10. The van der Waals surface area contributed by atoms with Crippen molar-refractivity contribution in [1.29, 1.82) is 0 Å². The van der Waals surface area contributed by atoms with Crippen LogP contribution >= 0.6 is 0 Å². The van der Waals surface area contributed by atoms with Gasteiger partial charge in [0.05, 0.1) is 30.4 Å². The Hall–Kier alpha value is -2.79. The van der Waals surface area contributed by atoms with Crippen LogP contribution in [0.25, 0.3) is 0 Å². The van der Waals surface area contributed by atoms with Gasteiger partial charge in [-0.2, -0.15) is 0 Å². The predicted octanol–water partition coefficient (Wildman–Crippen LogP) is 4.05. The van der Waals surface area contributed by atoms with Crippen molar-refractivity contribution in [2.24, 2.45) is 4.99 Å². The number of likely N-dealkylation sites (N-methyl/N-ethyl adjacent to an activating group) is 2. The molecule has 1 aliphatic carbocycles. The largest absolute Gasteiger partial charge is 0.394 e. The van der Waals surface area contributed by atoms with Crippen LogP contribution in [0.2, 0.25) is 0 Å². The third-order valence-electron chi connectivity index (χ3n) is 6.15. The van der Waals surface area contributed by atoms with Crippen LogP contribution in [0.4, 0.5) is 0 Å². The standard InChI is InChI=1S/C28H33N3O/c1-30(19-23-14-8-4-9-15-23)27-26(28(27)31(2)20-24-16-10-5-11-17-24)29-25(21-32)18-22-12-6-3-7-13-22/h3-17,25,27-28,32H,18-21H2,1-2H3. The first-order valence-corrected chi connectivity index (χ1v) is 11.4. The predicted molar refractivity (Wildman–Crippen MR) is 132 cm³/mol. The van der Waals surface area contributed by atoms with Gasteiger partial charge in [-0.15, -0.1) is 0 Å². The second kappa shape index (κ2) is 10.7. The average molecular weight is 428 g/mol. The summed E-state index contributed by atoms with van der Waals surface area (Å²) >= 11 is 0. The van der Waals surface area contributed by atoms with Crippen LogP contribution in [-0.2, 0) is 19.5 Å². The summed E-state index contributed by atoms with van der Waals surface area (Å²) in [5, 5.41) is 10.0. The topological polar surface area (TPSA) is 39.1 Å². The minimum Gasteiger partial charge on any atom is -0.394 e. The summed E-state index contributed by atoms with van der Waals surface area (Å²) in [5.74, 6) is 0. The van der Waals surface area contributed by atoms with E-state index in [2.05, 4.69) is 96.7 Å². The molecular weight excluding hydrogens is 394 g/mol. The van der Waals surface area contributed by atoms with E-state index in [1.165, 1.54) is 22.4 Å². The highest BCUT2D eigenvalue weighted by molar-refractivity contribution is 6.11. The van der Waals surface area contributed by atoms with E-state index in [9.17, 15) is 5.11 Å². The Kier molecular flexibility index (Phi) is 7.48. The maximum absolute atomic E-state index is 10.0. The SMILES string of the molecule is CN(Cc1ccccc1)C1C(=NC(CO)Cc2ccccc2)C1N(C)Cc1ccccc1. The number of nitrogens with zero attached hydrogens (tertiary/aromatic N) is 3. The normalized spacial score (nSPS) is 18.7. The van der Waals surface area contributed by atoms with E-state index < -0.39 is 0 Å². The van der Waals surface area contributed by atoms with Gasteiger partial charge in [0.25, 0.3) is 0 Å². The van der Waals surface area contributed by atoms with Gasteiger partial charge in [-0.3, -0.25) is 14.8 Å². The lowest BCUT2D eigenvalue weighted by molar-refractivity contribution is 0.242. The Morgan fingerprint density at radius 2 is 1.09 bits per heavy atom. The van der Waals surface area contributed by atoms with Gasteiger partial charge in [-0.1, -0.05) is 91.0 Å². The first-order valence-electron chi connectivity index (χ1n) is 11.4. The second-order valence-electron chi connectivity index (χ2n) is 8.77. The van der Waals surface area contributed by atoms with E-state index in [1.54, 1.807) is 0 Å². The van der Waals surface area contributed by atoms with Gasteiger partial charge < -0.3 is 5.11 Å². The lowest BCUT2D eigenvalue weighted by Gasteiger charge is -2.20. The third kappa shape index (κ3) is 5.71. The van der Waals surface area contributed by atoms with Crippen LogP contribution < -0.4 is 0 Å². The zero-order valence-corrected chi connectivity index (χ0v) is 19.0. The first-order chi connectivity index (χ1) is 15.7. The fourth-order valence-electron chi connectivity index (χ4n) is 4.50. The van der Waals surface area contributed by atoms with E-state index >= 15 is 0 Å². The summed E-state index contributed by atoms with van der Waals surface area (Å²) in [5.41, 5.74) is 4.99. The lowest BCUT2D eigenvalue weighted by Crippen LogP contribution is -2.30. The molecule has 1 N–H and O–H groups in total. The summed E-state index contributed by atoms with van der Waals surface area (Å²) in [4.78, 5) is 9.85. The van der Waals surface area contributed by atoms with Gasteiger partial charge in [-0.05, 0) is 37.2 Å². The van der Waals surface area contributed by atoms with Gasteiger partial charge in [-0.25, -0.2) is 0 Å². The Morgan fingerprint density at radius 1 is 0.688 bits per heavy atom. The molecule has 1 fully saturated rings. The highest BCUT2D eigenvalue weighted by atomic mass is 16.3. The van der Waals surface area contributed by atoms with Crippen molar-refractivity contribution in [2.45, 2.75) is 37.6 Å². The quantitative estimate of drug-likeness (QED) is 0.531. The van der Waals surface area contributed by atoms with Gasteiger partial charge >= 0.3 is 0 Å². The minimum absolute atomic E-state index is 0.0582. The summed E-state index contributed by atoms with van der Waals surface area (Å²) in [6.07, 6.45) is 0.755. The molecule has 3 atom stereocenters. The van der Waals surface area contributed by atoms with E-state index in [1.807, 2.05) is 18.2 Å². The Labute approximate surface area is 191 Å². The molecule has 0 amide bonds. The van der Waals surface area contributed by atoms with Crippen molar-refractivity contribution in [3.8, 4) is 0 Å². The van der Waals surface area contributed by atoms with Crippen LogP contribution in [0.1, 0.15) is 16.7 Å². The maximum Gasteiger partial charge on any atom is 0.0771 e. The number of benzene rings is 3. The van der Waals surface area contributed by atoms with Crippen molar-refractivity contribution in [3.63, 3.8) is 0 Å². The molecule has 3 aromatic rings. The van der Waals surface area contributed by atoms with Crippen molar-refractivity contribution < 1.29 is 5.11 Å². The molecule has 3 unspecified atom stereocenters. The highest BCUT2D eigenvalue weighted by Crippen LogP contribution is 2.32. The summed E-state index contributed by atoms with van der Waals surface area (Å²) in [7, 11) is 4.35. The number of aliphatic imine (C=N–C) groups is 1. The minimum atomic E-state index is -0.116. The van der Waals surface area contributed by atoms with Crippen molar-refractivity contribution in [2.75, 3.05) is 20.7 Å². The van der Waals surface area contributed by atoms with Crippen molar-refractivity contribution in [1.82, 2.24) is 9.80 Å². The molecule has 0 bridgehead atoms. The molecule has 4 nitrogen and oxygen atoms in total. The molecule has 1 saturated carbocycles. The number of aliphatic hydroxyl groups excluding tert-OH is 1. The number of hydrogen-bond donors (Lipinski definition) is 1. The van der Waals surface area contributed by atoms with Crippen LogP contribution in [0.5, 0.6) is 0 Å². The smallest absolute Gasteiger partial charge is 0.0771 e. The fraction of sp³-hybridized carbons (Fsp3) is 0.321. The Balaban J connectivity index is 1.52. The second-order valence-corrected chi connectivity index (χ2v) is 8.77. The zero-order chi connectivity index (χ0) is 22.3. The van der Waals surface area contributed by atoms with E-state index in [0.717, 1.165) is 19.5 Å². The molecule has 0 spiro atoms. The van der Waals surface area contributed by atoms with Crippen LogP contribution in [0.15, 0.2) is 96.0 Å². The molecule has 4 rings (SSSR count). The lowest BCUT2D eigenvalue weighted by atomic mass is 10.1. The molecule has 0 aliphatic heterocycles. The molecule has 0 heterocycles. The van der Waals surface area contributed by atoms with Gasteiger partial charge in [0.2, 0.25) is 0 Å². The molecule has 3 aromatic carbocycles. The molecule has 4 heteroatoms. The molecule has 1 aliphatic rings. The van der Waals surface area contributed by atoms with Crippen LogP contribution in [0.3, 0.4) is 0 Å². The van der Waals surface area contributed by atoms with E-state index in [0.29, 0.717) is 0 Å². The Morgan fingerprint density at radius 3 is 1.50 bits per heavy atom. The maximum atomic E-state index is 10.0. The Bertz CT molecular complexity index is 935. The molecule has 166 valence electrons. The fourth-order valence-corrected chi connectivity index (χ4v) is 4.50. The van der Waals surface area contributed by atoms with E-state index in [-0.39, 0.29) is 24.7 Å². The van der Waals surface area contributed by atoms with Crippen molar-refractivity contribution >= 4 is 5.71 Å². The van der Waals surface area contributed by atoms with E-state index in [4.69, 9.17) is 4.99 Å². The monoisotopic (exact) mass is 427 g/mol. The van der Waals surface area contributed by atoms with Crippen LogP contribution in [-0.4, -0.2) is 59.4 Å². The molecule has 0 aromatic heterocycles. The van der Waals surface area contributed by atoms with Gasteiger partial charge in [0, 0.05) is 13.1 Å². The molecule has 0 saturated heterocycles.